The van der Waals surface area contributed by atoms with Gasteiger partial charge >= 0.3 is 5.97 Å². The van der Waals surface area contributed by atoms with Gasteiger partial charge < -0.3 is 24.3 Å². The van der Waals surface area contributed by atoms with Crippen molar-refractivity contribution in [1.82, 2.24) is 5.32 Å². The van der Waals surface area contributed by atoms with Crippen LogP contribution in [0.3, 0.4) is 0 Å². The molecule has 0 spiro atoms. The first-order chi connectivity index (χ1) is 13.5. The highest BCUT2D eigenvalue weighted by Crippen LogP contribution is 2.32. The third-order valence-corrected chi connectivity index (χ3v) is 4.57. The first-order valence-electron chi connectivity index (χ1n) is 8.89. The first kappa shape index (κ1) is 19.5. The summed E-state index contributed by atoms with van der Waals surface area (Å²) in [4.78, 5) is 11.1. The molecular weight excluding hydrogens is 358 g/mol. The lowest BCUT2D eigenvalue weighted by Crippen LogP contribution is -2.18. The number of nitrogens with one attached hydrogen (secondary N) is 1. The molecular formula is C22H23NO5. The minimum Gasteiger partial charge on any atom is -0.497 e. The maximum absolute atomic E-state index is 11.1. The number of carbonyl (C=O) groups is 1. The average Bonchev–Trinajstić information content (AvgIpc) is 3.22. The number of carboxylic acid groups (broad SMARTS) is 1. The van der Waals surface area contributed by atoms with Crippen LogP contribution in [-0.2, 0) is 6.54 Å². The smallest absolute Gasteiger partial charge is 0.371 e. The van der Waals surface area contributed by atoms with Crippen molar-refractivity contribution in [3.05, 3.63) is 71.5 Å². The second-order valence-corrected chi connectivity index (χ2v) is 6.38. The number of carboxylic acids is 1. The van der Waals surface area contributed by atoms with Gasteiger partial charge in [-0.05, 0) is 54.4 Å². The Morgan fingerprint density at radius 1 is 1.07 bits per heavy atom. The molecule has 0 saturated heterocycles. The molecule has 1 atom stereocenters. The number of methoxy groups -OCH3 is 2. The van der Waals surface area contributed by atoms with Crippen LogP contribution in [0.4, 0.5) is 0 Å². The normalized spacial score (nSPS) is 11.8. The third-order valence-electron chi connectivity index (χ3n) is 4.57. The van der Waals surface area contributed by atoms with Crippen LogP contribution >= 0.6 is 0 Å². The highest BCUT2D eigenvalue weighted by molar-refractivity contribution is 5.85. The Hall–Kier alpha value is -3.25. The molecule has 0 bridgehead atoms. The lowest BCUT2D eigenvalue weighted by molar-refractivity contribution is 0.0663. The standard InChI is InChI=1S/C22H23NO5/c1-14(16-5-7-17(26-2)8-6-16)23-13-15-4-9-19(27-3)18(12-15)20-10-11-21(28-20)22(24)25/h4-12,14,23H,13H2,1-3H3,(H,24,25)/t14-/m1/s1. The molecule has 0 aliphatic carbocycles. The van der Waals surface area contributed by atoms with Crippen LogP contribution in [0.25, 0.3) is 11.3 Å². The van der Waals surface area contributed by atoms with E-state index in [1.54, 1.807) is 20.3 Å². The van der Waals surface area contributed by atoms with Crippen LogP contribution in [0.1, 0.15) is 34.6 Å². The largest absolute Gasteiger partial charge is 0.497 e. The molecule has 0 amide bonds. The lowest BCUT2D eigenvalue weighted by Gasteiger charge is -2.16. The van der Waals surface area contributed by atoms with Gasteiger partial charge in [-0.2, -0.15) is 0 Å². The molecule has 2 N–H and O–H groups in total. The molecule has 3 aromatic rings. The van der Waals surface area contributed by atoms with Crippen molar-refractivity contribution in [1.29, 1.82) is 0 Å². The van der Waals surface area contributed by atoms with Gasteiger partial charge in [-0.3, -0.25) is 0 Å². The van der Waals surface area contributed by atoms with E-state index in [0.717, 1.165) is 16.9 Å². The van der Waals surface area contributed by atoms with Crippen LogP contribution in [0, 0.1) is 0 Å². The molecule has 0 unspecified atom stereocenters. The van der Waals surface area contributed by atoms with Crippen LogP contribution in [0.15, 0.2) is 59.0 Å². The van der Waals surface area contributed by atoms with Gasteiger partial charge in [0, 0.05) is 12.6 Å². The molecule has 28 heavy (non-hydrogen) atoms. The summed E-state index contributed by atoms with van der Waals surface area (Å²) < 4.78 is 16.0. The summed E-state index contributed by atoms with van der Waals surface area (Å²) in [5, 5.41) is 12.6. The van der Waals surface area contributed by atoms with Crippen LogP contribution in [0.5, 0.6) is 11.5 Å². The molecule has 0 radical (unpaired) electrons. The highest BCUT2D eigenvalue weighted by Gasteiger charge is 2.15. The van der Waals surface area contributed by atoms with Crippen molar-refractivity contribution in [3.63, 3.8) is 0 Å². The van der Waals surface area contributed by atoms with E-state index in [-0.39, 0.29) is 11.8 Å². The molecule has 0 aliphatic heterocycles. The van der Waals surface area contributed by atoms with Gasteiger partial charge in [0.05, 0.1) is 19.8 Å². The Kier molecular flexibility index (Phi) is 6.01. The molecule has 3 rings (SSSR count). The summed E-state index contributed by atoms with van der Waals surface area (Å²) in [5.74, 6) is 0.706. The van der Waals surface area contributed by atoms with Crippen molar-refractivity contribution in [3.8, 4) is 22.8 Å². The molecule has 6 heteroatoms. The van der Waals surface area contributed by atoms with E-state index in [2.05, 4.69) is 12.2 Å². The molecule has 2 aromatic carbocycles. The molecule has 1 aromatic heterocycles. The Balaban J connectivity index is 1.75. The predicted molar refractivity (Wildman–Crippen MR) is 106 cm³/mol. The third kappa shape index (κ3) is 4.35. The fraction of sp³-hybridized carbons (Fsp3) is 0.227. The Bertz CT molecular complexity index is 946. The van der Waals surface area contributed by atoms with Crippen molar-refractivity contribution in [2.24, 2.45) is 0 Å². The monoisotopic (exact) mass is 381 g/mol. The number of hydrogen-bond donors (Lipinski definition) is 2. The second-order valence-electron chi connectivity index (χ2n) is 6.38. The van der Waals surface area contributed by atoms with E-state index in [4.69, 9.17) is 19.0 Å². The van der Waals surface area contributed by atoms with E-state index in [1.165, 1.54) is 6.07 Å². The molecule has 146 valence electrons. The molecule has 0 fully saturated rings. The van der Waals surface area contributed by atoms with Crippen LogP contribution in [0.2, 0.25) is 0 Å². The zero-order chi connectivity index (χ0) is 20.1. The van der Waals surface area contributed by atoms with Crippen molar-refractivity contribution in [2.75, 3.05) is 14.2 Å². The van der Waals surface area contributed by atoms with E-state index in [9.17, 15) is 4.79 Å². The minimum absolute atomic E-state index is 0.103. The summed E-state index contributed by atoms with van der Waals surface area (Å²) in [7, 11) is 3.22. The fourth-order valence-corrected chi connectivity index (χ4v) is 2.94. The van der Waals surface area contributed by atoms with Gasteiger partial charge in [-0.1, -0.05) is 18.2 Å². The zero-order valence-corrected chi connectivity index (χ0v) is 16.1. The summed E-state index contributed by atoms with van der Waals surface area (Å²) in [6, 6.07) is 16.9. The van der Waals surface area contributed by atoms with Crippen LogP contribution in [-0.4, -0.2) is 25.3 Å². The van der Waals surface area contributed by atoms with Crippen molar-refractivity contribution >= 4 is 5.97 Å². The molecule has 0 saturated carbocycles. The quantitative estimate of drug-likeness (QED) is 0.597. The minimum atomic E-state index is -1.10. The van der Waals surface area contributed by atoms with E-state index in [1.807, 2.05) is 42.5 Å². The van der Waals surface area contributed by atoms with Gasteiger partial charge in [0.15, 0.2) is 0 Å². The van der Waals surface area contributed by atoms with Crippen LogP contribution < -0.4 is 14.8 Å². The van der Waals surface area contributed by atoms with E-state index >= 15 is 0 Å². The number of ether oxygens (including phenoxy) is 2. The van der Waals surface area contributed by atoms with E-state index < -0.39 is 5.97 Å². The van der Waals surface area contributed by atoms with Gasteiger partial charge in [0.1, 0.15) is 17.3 Å². The van der Waals surface area contributed by atoms with E-state index in [0.29, 0.717) is 23.6 Å². The van der Waals surface area contributed by atoms with Gasteiger partial charge in [-0.25, -0.2) is 4.79 Å². The van der Waals surface area contributed by atoms with Gasteiger partial charge in [0.25, 0.3) is 0 Å². The highest BCUT2D eigenvalue weighted by atomic mass is 16.5. The number of rotatable bonds is 8. The Labute approximate surface area is 163 Å². The maximum atomic E-state index is 11.1. The summed E-state index contributed by atoms with van der Waals surface area (Å²) in [6.45, 7) is 2.73. The van der Waals surface area contributed by atoms with Crippen molar-refractivity contribution < 1.29 is 23.8 Å². The summed E-state index contributed by atoms with van der Waals surface area (Å²) in [5.41, 5.74) is 2.91. The fourth-order valence-electron chi connectivity index (χ4n) is 2.94. The molecule has 0 aliphatic rings. The molecule has 1 heterocycles. The first-order valence-corrected chi connectivity index (χ1v) is 8.89. The maximum Gasteiger partial charge on any atom is 0.371 e. The van der Waals surface area contributed by atoms with Gasteiger partial charge in [0.2, 0.25) is 5.76 Å². The van der Waals surface area contributed by atoms with Gasteiger partial charge in [-0.15, -0.1) is 0 Å². The number of benzene rings is 2. The predicted octanol–water partition coefficient (Wildman–Crippen LogP) is 4.51. The lowest BCUT2D eigenvalue weighted by atomic mass is 10.1. The second kappa shape index (κ2) is 8.63. The SMILES string of the molecule is COc1ccc([C@@H](C)NCc2ccc(OC)c(-c3ccc(C(=O)O)o3)c2)cc1. The zero-order valence-electron chi connectivity index (χ0n) is 16.1. The number of hydrogen-bond acceptors (Lipinski definition) is 5. The molecule has 6 nitrogen and oxygen atoms in total. The average molecular weight is 381 g/mol. The summed E-state index contributed by atoms with van der Waals surface area (Å²) in [6.07, 6.45) is 0. The number of furan rings is 1. The topological polar surface area (TPSA) is 80.9 Å². The summed E-state index contributed by atoms with van der Waals surface area (Å²) >= 11 is 0. The van der Waals surface area contributed by atoms with Crippen molar-refractivity contribution in [2.45, 2.75) is 19.5 Å². The number of aromatic carboxylic acids is 1. The Morgan fingerprint density at radius 3 is 2.43 bits per heavy atom. The Morgan fingerprint density at radius 2 is 1.82 bits per heavy atom.